The van der Waals surface area contributed by atoms with Gasteiger partial charge in [-0.1, -0.05) is 17.7 Å². The Morgan fingerprint density at radius 1 is 1.16 bits per heavy atom. The van der Waals surface area contributed by atoms with E-state index in [0.29, 0.717) is 13.0 Å². The van der Waals surface area contributed by atoms with Gasteiger partial charge in [-0.3, -0.25) is 4.79 Å². The summed E-state index contributed by atoms with van der Waals surface area (Å²) in [5.74, 6) is 0.257. The molecule has 0 spiro atoms. The third-order valence-corrected chi connectivity index (χ3v) is 3.58. The van der Waals surface area contributed by atoms with Gasteiger partial charge in [0.2, 0.25) is 5.91 Å². The van der Waals surface area contributed by atoms with Crippen LogP contribution in [0.15, 0.2) is 24.3 Å². The van der Waals surface area contributed by atoms with Crippen molar-refractivity contribution >= 4 is 11.6 Å². The zero-order valence-electron chi connectivity index (χ0n) is 11.9. The average Bonchev–Trinajstić information content (AvgIpc) is 2.41. The Morgan fingerprint density at radius 3 is 2.42 bits per heavy atom. The van der Waals surface area contributed by atoms with Gasteiger partial charge in [-0.2, -0.15) is 0 Å². The maximum atomic E-state index is 12.0. The van der Waals surface area contributed by atoms with Crippen LogP contribution in [0.1, 0.15) is 12.0 Å². The molecule has 104 valence electrons. The molecule has 1 amide bonds. The highest BCUT2D eigenvalue weighted by Crippen LogP contribution is 2.09. The summed E-state index contributed by atoms with van der Waals surface area (Å²) in [5, 5.41) is 3.29. The summed E-state index contributed by atoms with van der Waals surface area (Å²) in [6, 6.07) is 8.25. The molecule has 0 aliphatic carbocycles. The number of hydrogen-bond donors (Lipinski definition) is 1. The molecule has 0 unspecified atom stereocenters. The van der Waals surface area contributed by atoms with Gasteiger partial charge in [-0.15, -0.1) is 0 Å². The minimum Gasteiger partial charge on any atom is -0.385 e. The number of amides is 1. The first-order valence-electron chi connectivity index (χ1n) is 6.92. The second-order valence-electron chi connectivity index (χ2n) is 5.23. The molecule has 1 aromatic carbocycles. The zero-order chi connectivity index (χ0) is 13.7. The fourth-order valence-electron chi connectivity index (χ4n) is 2.20. The van der Waals surface area contributed by atoms with Crippen molar-refractivity contribution in [3.8, 4) is 0 Å². The number of nitrogens with one attached hydrogen (secondary N) is 1. The van der Waals surface area contributed by atoms with E-state index in [1.165, 1.54) is 5.56 Å². The molecule has 1 aliphatic rings. The van der Waals surface area contributed by atoms with Crippen molar-refractivity contribution in [2.75, 3.05) is 45.1 Å². The van der Waals surface area contributed by atoms with E-state index in [4.69, 9.17) is 0 Å². The van der Waals surface area contributed by atoms with Crippen molar-refractivity contribution in [2.24, 2.45) is 0 Å². The molecule has 0 radical (unpaired) electrons. The van der Waals surface area contributed by atoms with Gasteiger partial charge in [0.05, 0.1) is 0 Å². The average molecular weight is 261 g/mol. The van der Waals surface area contributed by atoms with Crippen LogP contribution in [0, 0.1) is 6.92 Å². The Morgan fingerprint density at radius 2 is 1.79 bits per heavy atom. The van der Waals surface area contributed by atoms with Crippen molar-refractivity contribution < 1.29 is 4.79 Å². The van der Waals surface area contributed by atoms with Crippen molar-refractivity contribution in [3.63, 3.8) is 0 Å². The maximum absolute atomic E-state index is 12.0. The molecule has 0 aromatic heterocycles. The highest BCUT2D eigenvalue weighted by molar-refractivity contribution is 5.76. The highest BCUT2D eigenvalue weighted by Gasteiger charge is 2.18. The minimum atomic E-state index is 0.257. The third kappa shape index (κ3) is 4.24. The van der Waals surface area contributed by atoms with E-state index < -0.39 is 0 Å². The van der Waals surface area contributed by atoms with Crippen molar-refractivity contribution in [1.82, 2.24) is 9.80 Å². The first-order valence-corrected chi connectivity index (χ1v) is 6.92. The predicted octanol–water partition coefficient (Wildman–Crippen LogP) is 1.57. The fraction of sp³-hybridized carbons (Fsp3) is 0.533. The summed E-state index contributed by atoms with van der Waals surface area (Å²) in [6.45, 7) is 6.46. The number of carbonyl (C=O) groups is 1. The number of rotatable bonds is 4. The van der Waals surface area contributed by atoms with Gasteiger partial charge in [0.1, 0.15) is 0 Å². The topological polar surface area (TPSA) is 35.6 Å². The van der Waals surface area contributed by atoms with Gasteiger partial charge in [-0.25, -0.2) is 0 Å². The predicted molar refractivity (Wildman–Crippen MR) is 78.4 cm³/mol. The lowest BCUT2D eigenvalue weighted by Gasteiger charge is -2.32. The van der Waals surface area contributed by atoms with Crippen LogP contribution in [-0.4, -0.2) is 55.5 Å². The normalized spacial score (nSPS) is 16.4. The summed E-state index contributed by atoms with van der Waals surface area (Å²) in [7, 11) is 2.10. The molecule has 0 atom stereocenters. The Labute approximate surface area is 115 Å². The van der Waals surface area contributed by atoms with Gasteiger partial charge in [0.15, 0.2) is 0 Å². The lowest BCUT2D eigenvalue weighted by molar-refractivity contribution is -0.132. The summed E-state index contributed by atoms with van der Waals surface area (Å²) >= 11 is 0. The van der Waals surface area contributed by atoms with Crippen LogP contribution < -0.4 is 5.32 Å². The lowest BCUT2D eigenvalue weighted by atomic mass is 10.2. The largest absolute Gasteiger partial charge is 0.385 e. The lowest BCUT2D eigenvalue weighted by Crippen LogP contribution is -2.47. The van der Waals surface area contributed by atoms with Gasteiger partial charge in [0, 0.05) is 44.8 Å². The molecule has 1 aromatic rings. The number of anilines is 1. The molecule has 1 fully saturated rings. The summed E-state index contributed by atoms with van der Waals surface area (Å²) < 4.78 is 0. The van der Waals surface area contributed by atoms with E-state index in [1.807, 2.05) is 4.90 Å². The number of carbonyl (C=O) groups excluding carboxylic acids is 1. The van der Waals surface area contributed by atoms with Crippen LogP contribution in [0.25, 0.3) is 0 Å². The number of hydrogen-bond acceptors (Lipinski definition) is 3. The molecular weight excluding hydrogens is 238 g/mol. The third-order valence-electron chi connectivity index (χ3n) is 3.58. The zero-order valence-corrected chi connectivity index (χ0v) is 11.9. The molecule has 1 saturated heterocycles. The molecule has 4 nitrogen and oxygen atoms in total. The second kappa shape index (κ2) is 6.57. The quantitative estimate of drug-likeness (QED) is 0.893. The van der Waals surface area contributed by atoms with E-state index in [2.05, 4.69) is 48.5 Å². The Kier molecular flexibility index (Phi) is 4.80. The SMILES string of the molecule is Cc1ccc(NCCC(=O)N2CCN(C)CC2)cc1. The molecule has 0 bridgehead atoms. The van der Waals surface area contributed by atoms with Crippen LogP contribution in [0.5, 0.6) is 0 Å². The Hall–Kier alpha value is -1.55. The Balaban J connectivity index is 1.70. The molecule has 0 saturated carbocycles. The van der Waals surface area contributed by atoms with E-state index >= 15 is 0 Å². The Bertz CT molecular complexity index is 408. The number of benzene rings is 1. The van der Waals surface area contributed by atoms with Crippen molar-refractivity contribution in [2.45, 2.75) is 13.3 Å². The van der Waals surface area contributed by atoms with Crippen LogP contribution in [-0.2, 0) is 4.79 Å². The highest BCUT2D eigenvalue weighted by atomic mass is 16.2. The molecule has 4 heteroatoms. The summed E-state index contributed by atoms with van der Waals surface area (Å²) in [5.41, 5.74) is 2.33. The van der Waals surface area contributed by atoms with Crippen molar-refractivity contribution in [3.05, 3.63) is 29.8 Å². The van der Waals surface area contributed by atoms with Gasteiger partial charge < -0.3 is 15.1 Å². The molecular formula is C15H23N3O. The van der Waals surface area contributed by atoms with E-state index in [1.54, 1.807) is 0 Å². The number of aryl methyl sites for hydroxylation is 1. The van der Waals surface area contributed by atoms with Crippen LogP contribution in [0.2, 0.25) is 0 Å². The maximum Gasteiger partial charge on any atom is 0.224 e. The standard InChI is InChI=1S/C15H23N3O/c1-13-3-5-14(6-4-13)16-8-7-15(19)18-11-9-17(2)10-12-18/h3-6,16H,7-12H2,1-2H3. The van der Waals surface area contributed by atoms with Crippen molar-refractivity contribution in [1.29, 1.82) is 0 Å². The van der Waals surface area contributed by atoms with E-state index in [9.17, 15) is 4.79 Å². The monoisotopic (exact) mass is 261 g/mol. The summed E-state index contributed by atoms with van der Waals surface area (Å²) in [4.78, 5) is 16.2. The van der Waals surface area contributed by atoms with Crippen LogP contribution in [0.4, 0.5) is 5.69 Å². The van der Waals surface area contributed by atoms with Crippen LogP contribution in [0.3, 0.4) is 0 Å². The molecule has 2 rings (SSSR count). The molecule has 1 N–H and O–H groups in total. The summed E-state index contributed by atoms with van der Waals surface area (Å²) in [6.07, 6.45) is 0.567. The number of nitrogens with zero attached hydrogens (tertiary/aromatic N) is 2. The van der Waals surface area contributed by atoms with Gasteiger partial charge >= 0.3 is 0 Å². The molecule has 19 heavy (non-hydrogen) atoms. The van der Waals surface area contributed by atoms with Gasteiger partial charge in [0.25, 0.3) is 0 Å². The first-order chi connectivity index (χ1) is 9.15. The first kappa shape index (κ1) is 13.9. The fourth-order valence-corrected chi connectivity index (χ4v) is 2.20. The number of likely N-dealkylation sites (N-methyl/N-ethyl adjacent to an activating group) is 1. The molecule has 1 aliphatic heterocycles. The molecule has 1 heterocycles. The van der Waals surface area contributed by atoms with E-state index in [-0.39, 0.29) is 5.91 Å². The smallest absolute Gasteiger partial charge is 0.224 e. The van der Waals surface area contributed by atoms with E-state index in [0.717, 1.165) is 31.9 Å². The van der Waals surface area contributed by atoms with Gasteiger partial charge in [-0.05, 0) is 26.1 Å². The van der Waals surface area contributed by atoms with Crippen LogP contribution >= 0.6 is 0 Å². The minimum absolute atomic E-state index is 0.257. The number of piperazine rings is 1. The second-order valence-corrected chi connectivity index (χ2v) is 5.23.